The van der Waals surface area contributed by atoms with Gasteiger partial charge in [-0.2, -0.15) is 0 Å². The van der Waals surface area contributed by atoms with Gasteiger partial charge in [0.2, 0.25) is 5.95 Å². The Morgan fingerprint density at radius 3 is 2.71 bits per heavy atom. The van der Waals surface area contributed by atoms with E-state index >= 15 is 0 Å². The van der Waals surface area contributed by atoms with Gasteiger partial charge in [-0.05, 0) is 31.5 Å². The average molecular weight is 230 g/mol. The van der Waals surface area contributed by atoms with E-state index in [1.165, 1.54) is 5.56 Å². The summed E-state index contributed by atoms with van der Waals surface area (Å²) in [5.41, 5.74) is 7.66. The molecule has 4 nitrogen and oxygen atoms in total. The van der Waals surface area contributed by atoms with Gasteiger partial charge in [-0.15, -0.1) is 0 Å². The molecule has 0 spiro atoms. The Hall–Kier alpha value is -1.97. The average Bonchev–Trinajstić information content (AvgIpc) is 2.77. The molecule has 0 bridgehead atoms. The molecule has 2 rings (SSSR count). The molecule has 0 aliphatic rings. The first-order valence-corrected chi connectivity index (χ1v) is 5.84. The highest BCUT2D eigenvalue weighted by molar-refractivity contribution is 5.42. The van der Waals surface area contributed by atoms with Gasteiger partial charge in [-0.25, -0.2) is 4.98 Å². The van der Waals surface area contributed by atoms with Gasteiger partial charge in [-0.1, -0.05) is 12.1 Å². The number of nitrogens with one attached hydrogen (secondary N) is 1. The van der Waals surface area contributed by atoms with Crippen LogP contribution in [-0.4, -0.2) is 9.55 Å². The number of rotatable bonds is 4. The number of nitrogens with two attached hydrogens (primary N) is 1. The second kappa shape index (κ2) is 4.91. The lowest BCUT2D eigenvalue weighted by Gasteiger charge is -2.16. The van der Waals surface area contributed by atoms with E-state index in [0.717, 1.165) is 18.2 Å². The molecule has 1 aromatic carbocycles. The number of imidazole rings is 1. The number of nitrogens with zero attached hydrogens (tertiary/aromatic N) is 2. The van der Waals surface area contributed by atoms with E-state index in [9.17, 15) is 0 Å². The summed E-state index contributed by atoms with van der Waals surface area (Å²) in [6.07, 6.45) is 3.78. The molecule has 1 atom stereocenters. The smallest absolute Gasteiger partial charge is 0.203 e. The lowest BCUT2D eigenvalue weighted by Crippen LogP contribution is -2.11. The number of nitrogen functional groups attached to an aromatic ring is 1. The predicted molar refractivity (Wildman–Crippen MR) is 70.8 cm³/mol. The fourth-order valence-electron chi connectivity index (χ4n) is 1.77. The van der Waals surface area contributed by atoms with E-state index < -0.39 is 0 Å². The Morgan fingerprint density at radius 2 is 2.06 bits per heavy atom. The Balaban J connectivity index is 2.11. The third-order valence-electron chi connectivity index (χ3n) is 2.84. The van der Waals surface area contributed by atoms with Gasteiger partial charge in [0.05, 0.1) is 6.04 Å². The Kier molecular flexibility index (Phi) is 3.32. The second-order valence-electron chi connectivity index (χ2n) is 4.07. The van der Waals surface area contributed by atoms with Gasteiger partial charge < -0.3 is 15.6 Å². The molecule has 0 saturated heterocycles. The van der Waals surface area contributed by atoms with Crippen LogP contribution in [0.1, 0.15) is 25.5 Å². The molecule has 1 heterocycles. The Bertz CT molecular complexity index is 472. The number of aryl methyl sites for hydroxylation is 1. The maximum atomic E-state index is 5.67. The third-order valence-corrected chi connectivity index (χ3v) is 2.84. The molecule has 2 aromatic rings. The molecule has 4 heteroatoms. The zero-order valence-electron chi connectivity index (χ0n) is 10.2. The number of anilines is 2. The molecular formula is C13H18N4. The van der Waals surface area contributed by atoms with Crippen molar-refractivity contribution in [2.75, 3.05) is 11.1 Å². The number of hydrogen-bond acceptors (Lipinski definition) is 3. The summed E-state index contributed by atoms with van der Waals surface area (Å²) in [7, 11) is 0. The number of aromatic nitrogens is 2. The minimum absolute atomic E-state index is 0.211. The maximum absolute atomic E-state index is 5.67. The van der Waals surface area contributed by atoms with Crippen molar-refractivity contribution in [2.45, 2.75) is 26.4 Å². The van der Waals surface area contributed by atoms with Crippen LogP contribution < -0.4 is 11.1 Å². The van der Waals surface area contributed by atoms with Crippen molar-refractivity contribution < 1.29 is 0 Å². The van der Waals surface area contributed by atoms with Crippen molar-refractivity contribution in [1.82, 2.24) is 9.55 Å². The molecule has 1 aromatic heterocycles. The number of benzene rings is 1. The van der Waals surface area contributed by atoms with Crippen LogP contribution >= 0.6 is 0 Å². The van der Waals surface area contributed by atoms with E-state index in [0.29, 0.717) is 0 Å². The van der Waals surface area contributed by atoms with Gasteiger partial charge in [0.1, 0.15) is 0 Å². The Morgan fingerprint density at radius 1 is 1.35 bits per heavy atom. The van der Waals surface area contributed by atoms with E-state index in [1.54, 1.807) is 0 Å². The summed E-state index contributed by atoms with van der Waals surface area (Å²) in [5.74, 6) is 0.900. The predicted octanol–water partition coefficient (Wildman–Crippen LogP) is 2.66. The van der Waals surface area contributed by atoms with Crippen molar-refractivity contribution in [2.24, 2.45) is 0 Å². The van der Waals surface area contributed by atoms with Gasteiger partial charge in [-0.3, -0.25) is 0 Å². The highest BCUT2D eigenvalue weighted by Crippen LogP contribution is 2.19. The second-order valence-corrected chi connectivity index (χ2v) is 4.07. The highest BCUT2D eigenvalue weighted by Gasteiger charge is 2.08. The third kappa shape index (κ3) is 2.58. The molecule has 1 unspecified atom stereocenters. The summed E-state index contributed by atoms with van der Waals surface area (Å²) in [4.78, 5) is 4.30. The van der Waals surface area contributed by atoms with Crippen LogP contribution in [0, 0.1) is 0 Å². The van der Waals surface area contributed by atoms with Crippen LogP contribution in [0.5, 0.6) is 0 Å². The normalized spacial score (nSPS) is 12.4. The van der Waals surface area contributed by atoms with Crippen molar-refractivity contribution in [3.63, 3.8) is 0 Å². The minimum Gasteiger partial charge on any atom is -0.399 e. The van der Waals surface area contributed by atoms with Crippen LogP contribution in [0.2, 0.25) is 0 Å². The number of hydrogen-bond donors (Lipinski definition) is 2. The van der Waals surface area contributed by atoms with E-state index in [1.807, 2.05) is 36.7 Å². The SMILES string of the molecule is CCn1ccnc1NC(C)c1ccc(N)cc1. The topological polar surface area (TPSA) is 55.9 Å². The van der Waals surface area contributed by atoms with Gasteiger partial charge in [0.15, 0.2) is 0 Å². The lowest BCUT2D eigenvalue weighted by atomic mass is 10.1. The molecule has 0 fully saturated rings. The fraction of sp³-hybridized carbons (Fsp3) is 0.308. The van der Waals surface area contributed by atoms with Crippen LogP contribution in [-0.2, 0) is 6.54 Å². The molecule has 3 N–H and O–H groups in total. The van der Waals surface area contributed by atoms with E-state index in [-0.39, 0.29) is 6.04 Å². The zero-order valence-corrected chi connectivity index (χ0v) is 10.2. The standard InChI is InChI=1S/C13H18N4/c1-3-17-9-8-15-13(17)16-10(2)11-4-6-12(14)7-5-11/h4-10H,3,14H2,1-2H3,(H,15,16). The molecule has 0 saturated carbocycles. The van der Waals surface area contributed by atoms with Crippen LogP contribution in [0.3, 0.4) is 0 Å². The van der Waals surface area contributed by atoms with Gasteiger partial charge >= 0.3 is 0 Å². The van der Waals surface area contributed by atoms with Crippen molar-refractivity contribution in [3.8, 4) is 0 Å². The molecule has 0 radical (unpaired) electrons. The lowest BCUT2D eigenvalue weighted by molar-refractivity contribution is 0.744. The summed E-state index contributed by atoms with van der Waals surface area (Å²) in [6.45, 7) is 5.12. The monoisotopic (exact) mass is 230 g/mol. The van der Waals surface area contributed by atoms with E-state index in [2.05, 4.69) is 28.7 Å². The minimum atomic E-state index is 0.211. The fourth-order valence-corrected chi connectivity index (χ4v) is 1.77. The molecule has 0 aliphatic carbocycles. The maximum Gasteiger partial charge on any atom is 0.203 e. The van der Waals surface area contributed by atoms with Crippen molar-refractivity contribution in [3.05, 3.63) is 42.2 Å². The summed E-state index contributed by atoms with van der Waals surface area (Å²) >= 11 is 0. The van der Waals surface area contributed by atoms with Gasteiger partial charge in [0.25, 0.3) is 0 Å². The van der Waals surface area contributed by atoms with Crippen molar-refractivity contribution >= 4 is 11.6 Å². The first-order chi connectivity index (χ1) is 8.20. The summed E-state index contributed by atoms with van der Waals surface area (Å²) in [5, 5.41) is 3.39. The Labute approximate surface area is 101 Å². The largest absolute Gasteiger partial charge is 0.399 e. The van der Waals surface area contributed by atoms with Crippen LogP contribution in [0.4, 0.5) is 11.6 Å². The quantitative estimate of drug-likeness (QED) is 0.794. The molecule has 0 aliphatic heterocycles. The van der Waals surface area contributed by atoms with Crippen LogP contribution in [0.15, 0.2) is 36.7 Å². The van der Waals surface area contributed by atoms with Gasteiger partial charge in [0, 0.05) is 24.6 Å². The van der Waals surface area contributed by atoms with E-state index in [4.69, 9.17) is 5.73 Å². The molecule has 90 valence electrons. The molecule has 17 heavy (non-hydrogen) atoms. The molecule has 0 amide bonds. The summed E-state index contributed by atoms with van der Waals surface area (Å²) < 4.78 is 2.08. The zero-order chi connectivity index (χ0) is 12.3. The first kappa shape index (κ1) is 11.5. The first-order valence-electron chi connectivity index (χ1n) is 5.84. The highest BCUT2D eigenvalue weighted by atomic mass is 15.2. The van der Waals surface area contributed by atoms with Crippen molar-refractivity contribution in [1.29, 1.82) is 0 Å². The van der Waals surface area contributed by atoms with Crippen LogP contribution in [0.25, 0.3) is 0 Å². The summed E-state index contributed by atoms with van der Waals surface area (Å²) in [6, 6.07) is 8.11. The molecular weight excluding hydrogens is 212 g/mol.